The number of nitrogens with one attached hydrogen (secondary N) is 1. The third-order valence-electron chi connectivity index (χ3n) is 4.30. The second kappa shape index (κ2) is 7.00. The molecule has 0 saturated carbocycles. The number of nitrogens with zero attached hydrogens (tertiary/aromatic N) is 2. The summed E-state index contributed by atoms with van der Waals surface area (Å²) in [6.45, 7) is 9.31. The molecule has 2 rings (SSSR count). The molecule has 1 heterocycles. The molecule has 1 aliphatic heterocycles. The van der Waals surface area contributed by atoms with Gasteiger partial charge in [-0.1, -0.05) is 6.92 Å². The quantitative estimate of drug-likeness (QED) is 0.645. The lowest BCUT2D eigenvalue weighted by Crippen LogP contribution is -2.49. The Hall–Kier alpha value is -1.46. The van der Waals surface area contributed by atoms with Gasteiger partial charge in [0.05, 0.1) is 0 Å². The Morgan fingerprint density at radius 3 is 2.52 bits per heavy atom. The number of halogens is 1. The van der Waals surface area contributed by atoms with Gasteiger partial charge in [-0.2, -0.15) is 0 Å². The number of rotatable bonds is 5. The molecule has 1 aromatic rings. The molecular weight excluding hydrogens is 267 g/mol. The Morgan fingerprint density at radius 2 is 1.95 bits per heavy atom. The minimum Gasteiger partial charge on any atom is -0.384 e. The highest BCUT2D eigenvalue weighted by Crippen LogP contribution is 2.14. The first-order chi connectivity index (χ1) is 9.99. The summed E-state index contributed by atoms with van der Waals surface area (Å²) in [5.74, 6) is -0.409. The Labute approximate surface area is 126 Å². The van der Waals surface area contributed by atoms with Crippen LogP contribution in [0.4, 0.5) is 4.39 Å². The Kier molecular flexibility index (Phi) is 5.31. The topological polar surface area (TPSA) is 56.4 Å². The molecule has 0 aliphatic carbocycles. The van der Waals surface area contributed by atoms with E-state index < -0.39 is 0 Å². The number of nitrogens with two attached hydrogens (primary N) is 1. The van der Waals surface area contributed by atoms with Crippen molar-refractivity contribution in [1.29, 1.82) is 5.41 Å². The summed E-state index contributed by atoms with van der Waals surface area (Å²) >= 11 is 0. The molecule has 1 fully saturated rings. The van der Waals surface area contributed by atoms with Crippen molar-refractivity contribution >= 4 is 5.84 Å². The highest BCUT2D eigenvalue weighted by molar-refractivity contribution is 5.95. The van der Waals surface area contributed by atoms with Gasteiger partial charge in [0.15, 0.2) is 0 Å². The van der Waals surface area contributed by atoms with E-state index in [9.17, 15) is 4.39 Å². The molecule has 1 saturated heterocycles. The lowest BCUT2D eigenvalue weighted by molar-refractivity contribution is 0.0963. The molecule has 1 unspecified atom stereocenters. The van der Waals surface area contributed by atoms with E-state index >= 15 is 0 Å². The van der Waals surface area contributed by atoms with Gasteiger partial charge in [-0.25, -0.2) is 4.39 Å². The van der Waals surface area contributed by atoms with Crippen molar-refractivity contribution in [3.8, 4) is 0 Å². The van der Waals surface area contributed by atoms with E-state index in [1.165, 1.54) is 18.6 Å². The van der Waals surface area contributed by atoms with Crippen LogP contribution in [-0.2, 0) is 6.54 Å². The van der Waals surface area contributed by atoms with Crippen LogP contribution in [0.3, 0.4) is 0 Å². The smallest absolute Gasteiger partial charge is 0.124 e. The number of benzene rings is 1. The molecule has 0 radical (unpaired) electrons. The molecule has 116 valence electrons. The van der Waals surface area contributed by atoms with Crippen LogP contribution in [0.25, 0.3) is 0 Å². The molecule has 0 aromatic heterocycles. The molecule has 5 heteroatoms. The van der Waals surface area contributed by atoms with E-state index in [1.54, 1.807) is 0 Å². The van der Waals surface area contributed by atoms with Gasteiger partial charge in [0.25, 0.3) is 0 Å². The first-order valence-electron chi connectivity index (χ1n) is 7.60. The minimum atomic E-state index is -0.323. The second-order valence-electron chi connectivity index (χ2n) is 5.83. The molecule has 3 N–H and O–H groups in total. The van der Waals surface area contributed by atoms with Gasteiger partial charge in [-0.05, 0) is 37.1 Å². The van der Waals surface area contributed by atoms with Crippen molar-refractivity contribution in [2.75, 3.05) is 26.2 Å². The van der Waals surface area contributed by atoms with E-state index in [1.807, 2.05) is 6.07 Å². The minimum absolute atomic E-state index is 0.0858. The maximum Gasteiger partial charge on any atom is 0.124 e. The molecule has 21 heavy (non-hydrogen) atoms. The van der Waals surface area contributed by atoms with Crippen molar-refractivity contribution in [2.24, 2.45) is 5.73 Å². The normalized spacial score (nSPS) is 18.6. The van der Waals surface area contributed by atoms with Gasteiger partial charge in [0.1, 0.15) is 11.7 Å². The zero-order valence-electron chi connectivity index (χ0n) is 12.9. The van der Waals surface area contributed by atoms with Gasteiger partial charge in [0.2, 0.25) is 0 Å². The molecule has 1 aliphatic rings. The summed E-state index contributed by atoms with van der Waals surface area (Å²) in [5.41, 5.74) is 6.80. The van der Waals surface area contributed by atoms with E-state index in [2.05, 4.69) is 23.6 Å². The number of piperazine rings is 1. The third kappa shape index (κ3) is 4.25. The monoisotopic (exact) mass is 292 g/mol. The van der Waals surface area contributed by atoms with Crippen LogP contribution in [0.2, 0.25) is 0 Å². The van der Waals surface area contributed by atoms with Gasteiger partial charge < -0.3 is 5.73 Å². The van der Waals surface area contributed by atoms with E-state index in [0.29, 0.717) is 18.2 Å². The average molecular weight is 292 g/mol. The van der Waals surface area contributed by atoms with Crippen LogP contribution < -0.4 is 5.73 Å². The predicted molar refractivity (Wildman–Crippen MR) is 84.0 cm³/mol. The highest BCUT2D eigenvalue weighted by Gasteiger charge is 2.20. The van der Waals surface area contributed by atoms with Gasteiger partial charge in [-0.3, -0.25) is 15.2 Å². The van der Waals surface area contributed by atoms with E-state index in [4.69, 9.17) is 11.1 Å². The van der Waals surface area contributed by atoms with Crippen molar-refractivity contribution in [3.05, 3.63) is 35.1 Å². The Bertz CT molecular complexity index is 495. The van der Waals surface area contributed by atoms with Crippen LogP contribution in [-0.4, -0.2) is 47.9 Å². The molecule has 1 atom stereocenters. The maximum atomic E-state index is 13.6. The third-order valence-corrected chi connectivity index (χ3v) is 4.30. The van der Waals surface area contributed by atoms with Crippen LogP contribution >= 0.6 is 0 Å². The fourth-order valence-electron chi connectivity index (χ4n) is 2.78. The van der Waals surface area contributed by atoms with E-state index in [0.717, 1.165) is 31.7 Å². The largest absolute Gasteiger partial charge is 0.384 e. The Balaban J connectivity index is 1.96. The average Bonchev–Trinajstić information content (AvgIpc) is 2.46. The fraction of sp³-hybridized carbons (Fsp3) is 0.562. The lowest BCUT2D eigenvalue weighted by Gasteiger charge is -2.37. The molecule has 0 bridgehead atoms. The summed E-state index contributed by atoms with van der Waals surface area (Å²) in [6, 6.07) is 5.29. The van der Waals surface area contributed by atoms with Crippen molar-refractivity contribution < 1.29 is 4.39 Å². The zero-order chi connectivity index (χ0) is 15.4. The molecule has 1 aromatic carbocycles. The van der Waals surface area contributed by atoms with Gasteiger partial charge in [-0.15, -0.1) is 0 Å². The summed E-state index contributed by atoms with van der Waals surface area (Å²) in [4.78, 5) is 4.83. The molecule has 0 spiro atoms. The zero-order valence-corrected chi connectivity index (χ0v) is 12.9. The molecular formula is C16H25FN4. The van der Waals surface area contributed by atoms with Crippen molar-refractivity contribution in [3.63, 3.8) is 0 Å². The van der Waals surface area contributed by atoms with Crippen LogP contribution in [0.1, 0.15) is 31.4 Å². The van der Waals surface area contributed by atoms with Crippen LogP contribution in [0.15, 0.2) is 18.2 Å². The number of hydrogen-bond donors (Lipinski definition) is 2. The maximum absolute atomic E-state index is 13.6. The van der Waals surface area contributed by atoms with Gasteiger partial charge in [0, 0.05) is 44.3 Å². The summed E-state index contributed by atoms with van der Waals surface area (Å²) < 4.78 is 13.6. The first kappa shape index (κ1) is 15.9. The first-order valence-corrected chi connectivity index (χ1v) is 7.60. The highest BCUT2D eigenvalue weighted by atomic mass is 19.1. The lowest BCUT2D eigenvalue weighted by atomic mass is 10.1. The standard InChI is InChI=1S/C16H25FN4/c1-3-12(2)21-6-4-20(5-7-21)11-13-8-14(16(18)19)10-15(17)9-13/h8-10,12H,3-7,11H2,1-2H3,(H3,18,19). The number of hydrogen-bond acceptors (Lipinski definition) is 3. The van der Waals surface area contributed by atoms with Gasteiger partial charge >= 0.3 is 0 Å². The van der Waals surface area contributed by atoms with Crippen LogP contribution in [0.5, 0.6) is 0 Å². The fourth-order valence-corrected chi connectivity index (χ4v) is 2.78. The van der Waals surface area contributed by atoms with Crippen molar-refractivity contribution in [1.82, 2.24) is 9.80 Å². The van der Waals surface area contributed by atoms with Crippen molar-refractivity contribution in [2.45, 2.75) is 32.9 Å². The number of amidine groups is 1. The number of nitrogen functional groups attached to an aromatic ring is 1. The Morgan fingerprint density at radius 1 is 1.29 bits per heavy atom. The van der Waals surface area contributed by atoms with Crippen LogP contribution in [0, 0.1) is 11.2 Å². The SMILES string of the molecule is CCC(C)N1CCN(Cc2cc(F)cc(C(=N)N)c2)CC1. The molecule has 0 amide bonds. The summed E-state index contributed by atoms with van der Waals surface area (Å²) in [6.07, 6.45) is 1.17. The molecule has 4 nitrogen and oxygen atoms in total. The predicted octanol–water partition coefficient (Wildman–Crippen LogP) is 2.03. The second-order valence-corrected chi connectivity index (χ2v) is 5.83. The summed E-state index contributed by atoms with van der Waals surface area (Å²) in [5, 5.41) is 7.43. The van der Waals surface area contributed by atoms with E-state index in [-0.39, 0.29) is 11.7 Å². The summed E-state index contributed by atoms with van der Waals surface area (Å²) in [7, 11) is 0.